The summed E-state index contributed by atoms with van der Waals surface area (Å²) in [4.78, 5) is 22.4. The first kappa shape index (κ1) is 21.0. The van der Waals surface area contributed by atoms with Crippen LogP contribution in [0.5, 0.6) is 11.5 Å². The lowest BCUT2D eigenvalue weighted by molar-refractivity contribution is 0.171. The molecule has 2 aromatic carbocycles. The van der Waals surface area contributed by atoms with Crippen molar-refractivity contribution in [3.05, 3.63) is 42.5 Å². The molecule has 0 spiro atoms. The van der Waals surface area contributed by atoms with Gasteiger partial charge in [-0.1, -0.05) is 12.1 Å². The van der Waals surface area contributed by atoms with Crippen molar-refractivity contribution in [1.29, 1.82) is 0 Å². The highest BCUT2D eigenvalue weighted by atomic mass is 16.5. The van der Waals surface area contributed by atoms with Gasteiger partial charge in [0.15, 0.2) is 11.5 Å². The molecule has 0 radical (unpaired) electrons. The smallest absolute Gasteiger partial charge is 0.406 e. The molecular formula is C21H25N5O4. The number of benzene rings is 2. The summed E-state index contributed by atoms with van der Waals surface area (Å²) < 4.78 is 15.3. The highest BCUT2D eigenvalue weighted by Gasteiger charge is 2.15. The maximum atomic E-state index is 11.2. The Balaban J connectivity index is 1.91. The summed E-state index contributed by atoms with van der Waals surface area (Å²) in [5.74, 6) is 2.48. The van der Waals surface area contributed by atoms with E-state index in [9.17, 15) is 4.79 Å². The fraction of sp³-hybridized carbons (Fsp3) is 0.286. The van der Waals surface area contributed by atoms with Gasteiger partial charge in [0.2, 0.25) is 5.95 Å². The summed E-state index contributed by atoms with van der Waals surface area (Å²) in [6.45, 7) is 0.830. The van der Waals surface area contributed by atoms with Gasteiger partial charge in [0.1, 0.15) is 5.82 Å². The van der Waals surface area contributed by atoms with Crippen LogP contribution in [0.15, 0.2) is 42.5 Å². The van der Waals surface area contributed by atoms with Crippen LogP contribution in [0.3, 0.4) is 0 Å². The number of para-hydroxylation sites is 1. The van der Waals surface area contributed by atoms with E-state index in [0.717, 1.165) is 22.4 Å². The standard InChI is InChI=1S/C21H25N5O4/c1-26(14-9-10-17(28-2)18(13-14)29-3)19-15-7-5-6-8-16(15)24-20(25-19)22-11-12-23-21(27)30-4/h5-10,13H,11-12H2,1-4H3,(H,23,27)(H,22,24,25). The maximum Gasteiger partial charge on any atom is 0.406 e. The molecule has 0 bridgehead atoms. The molecule has 0 atom stereocenters. The molecule has 1 amide bonds. The molecule has 3 rings (SSSR count). The Hall–Kier alpha value is -3.75. The molecule has 0 aliphatic carbocycles. The van der Waals surface area contributed by atoms with Crippen LogP contribution in [-0.2, 0) is 4.74 Å². The summed E-state index contributed by atoms with van der Waals surface area (Å²) in [6, 6.07) is 13.5. The third-order valence-corrected chi connectivity index (χ3v) is 4.52. The first-order valence-electron chi connectivity index (χ1n) is 9.35. The summed E-state index contributed by atoms with van der Waals surface area (Å²) >= 11 is 0. The number of rotatable bonds is 8. The molecule has 9 heteroatoms. The maximum absolute atomic E-state index is 11.2. The number of hydrogen-bond acceptors (Lipinski definition) is 8. The Morgan fingerprint density at radius 2 is 1.77 bits per heavy atom. The number of carbonyl (C=O) groups is 1. The predicted octanol–water partition coefficient (Wildman–Crippen LogP) is 3.18. The van der Waals surface area contributed by atoms with Crippen molar-refractivity contribution in [1.82, 2.24) is 15.3 Å². The van der Waals surface area contributed by atoms with Gasteiger partial charge in [-0.05, 0) is 24.3 Å². The number of amides is 1. The molecule has 0 saturated heterocycles. The fourth-order valence-corrected chi connectivity index (χ4v) is 2.96. The van der Waals surface area contributed by atoms with Crippen LogP contribution in [-0.4, -0.2) is 57.5 Å². The number of hydrogen-bond donors (Lipinski definition) is 2. The number of methoxy groups -OCH3 is 3. The summed E-state index contributed by atoms with van der Waals surface area (Å²) in [7, 11) is 6.46. The summed E-state index contributed by atoms with van der Waals surface area (Å²) in [5, 5.41) is 6.66. The van der Waals surface area contributed by atoms with Gasteiger partial charge in [-0.15, -0.1) is 0 Å². The first-order valence-corrected chi connectivity index (χ1v) is 9.35. The molecule has 0 unspecified atom stereocenters. The highest BCUT2D eigenvalue weighted by Crippen LogP contribution is 2.35. The minimum absolute atomic E-state index is 0.379. The van der Waals surface area contributed by atoms with Gasteiger partial charge in [0.25, 0.3) is 0 Å². The number of nitrogens with one attached hydrogen (secondary N) is 2. The predicted molar refractivity (Wildman–Crippen MR) is 116 cm³/mol. The molecule has 30 heavy (non-hydrogen) atoms. The van der Waals surface area contributed by atoms with Gasteiger partial charge in [-0.25, -0.2) is 9.78 Å². The van der Waals surface area contributed by atoms with Crippen molar-refractivity contribution in [2.75, 3.05) is 51.7 Å². The third-order valence-electron chi connectivity index (χ3n) is 4.52. The topological polar surface area (TPSA) is 97.8 Å². The Morgan fingerprint density at radius 3 is 2.50 bits per heavy atom. The lowest BCUT2D eigenvalue weighted by atomic mass is 10.2. The van der Waals surface area contributed by atoms with Crippen molar-refractivity contribution >= 4 is 34.4 Å². The van der Waals surface area contributed by atoms with Crippen LogP contribution < -0.4 is 25.0 Å². The second-order valence-corrected chi connectivity index (χ2v) is 6.33. The van der Waals surface area contributed by atoms with E-state index in [2.05, 4.69) is 20.4 Å². The minimum atomic E-state index is -0.481. The van der Waals surface area contributed by atoms with Crippen molar-refractivity contribution in [2.24, 2.45) is 0 Å². The molecule has 0 saturated carbocycles. The number of nitrogens with zero attached hydrogens (tertiary/aromatic N) is 3. The average molecular weight is 411 g/mol. The van der Waals surface area contributed by atoms with Crippen molar-refractivity contribution in [3.63, 3.8) is 0 Å². The molecule has 0 fully saturated rings. The molecule has 3 aromatic rings. The summed E-state index contributed by atoms with van der Waals surface area (Å²) in [6.07, 6.45) is -0.481. The number of alkyl carbamates (subject to hydrolysis) is 1. The van der Waals surface area contributed by atoms with Crippen molar-refractivity contribution < 1.29 is 19.0 Å². The Kier molecular flexibility index (Phi) is 6.74. The van der Waals surface area contributed by atoms with Crippen molar-refractivity contribution in [2.45, 2.75) is 0 Å². The lowest BCUT2D eigenvalue weighted by Gasteiger charge is -2.22. The van der Waals surface area contributed by atoms with E-state index in [1.807, 2.05) is 54.4 Å². The van der Waals surface area contributed by atoms with Crippen LogP contribution in [0.25, 0.3) is 10.9 Å². The number of carbonyl (C=O) groups excluding carboxylic acids is 1. The lowest BCUT2D eigenvalue weighted by Crippen LogP contribution is -2.28. The number of fused-ring (bicyclic) bond motifs is 1. The molecule has 0 aliphatic rings. The van der Waals surface area contributed by atoms with Gasteiger partial charge in [-0.3, -0.25) is 0 Å². The Bertz CT molecular complexity index is 1030. The van der Waals surface area contributed by atoms with Crippen LogP contribution >= 0.6 is 0 Å². The van der Waals surface area contributed by atoms with E-state index < -0.39 is 6.09 Å². The van der Waals surface area contributed by atoms with Crippen molar-refractivity contribution in [3.8, 4) is 11.5 Å². The van der Waals surface area contributed by atoms with E-state index in [1.165, 1.54) is 7.11 Å². The van der Waals surface area contributed by atoms with Crippen LogP contribution in [0, 0.1) is 0 Å². The van der Waals surface area contributed by atoms with Crippen LogP contribution in [0.4, 0.5) is 22.2 Å². The normalized spacial score (nSPS) is 10.4. The number of aromatic nitrogens is 2. The Labute approximate surface area is 175 Å². The van der Waals surface area contributed by atoms with E-state index in [0.29, 0.717) is 30.5 Å². The molecule has 1 heterocycles. The quantitative estimate of drug-likeness (QED) is 0.546. The van der Waals surface area contributed by atoms with Crippen LogP contribution in [0.2, 0.25) is 0 Å². The Morgan fingerprint density at radius 1 is 1.00 bits per heavy atom. The van der Waals surface area contributed by atoms with Gasteiger partial charge < -0.3 is 29.7 Å². The van der Waals surface area contributed by atoms with E-state index in [4.69, 9.17) is 14.5 Å². The van der Waals surface area contributed by atoms with Gasteiger partial charge in [0, 0.05) is 37.3 Å². The zero-order valence-corrected chi connectivity index (χ0v) is 17.4. The second kappa shape index (κ2) is 9.64. The van der Waals surface area contributed by atoms with Crippen LogP contribution in [0.1, 0.15) is 0 Å². The zero-order valence-electron chi connectivity index (χ0n) is 17.4. The largest absolute Gasteiger partial charge is 0.493 e. The zero-order chi connectivity index (χ0) is 21.5. The van der Waals surface area contributed by atoms with E-state index in [1.54, 1.807) is 14.2 Å². The monoisotopic (exact) mass is 411 g/mol. The minimum Gasteiger partial charge on any atom is -0.493 e. The molecule has 9 nitrogen and oxygen atoms in total. The molecular weight excluding hydrogens is 386 g/mol. The summed E-state index contributed by atoms with van der Waals surface area (Å²) in [5.41, 5.74) is 1.69. The van der Waals surface area contributed by atoms with E-state index >= 15 is 0 Å². The fourth-order valence-electron chi connectivity index (χ4n) is 2.96. The average Bonchev–Trinajstić information content (AvgIpc) is 2.80. The first-order chi connectivity index (χ1) is 14.6. The molecule has 1 aromatic heterocycles. The van der Waals surface area contributed by atoms with Gasteiger partial charge in [-0.2, -0.15) is 4.98 Å². The molecule has 158 valence electrons. The molecule has 0 aliphatic heterocycles. The number of ether oxygens (including phenoxy) is 3. The number of anilines is 3. The van der Waals surface area contributed by atoms with Gasteiger partial charge in [0.05, 0.1) is 26.8 Å². The van der Waals surface area contributed by atoms with Gasteiger partial charge >= 0.3 is 6.09 Å². The van der Waals surface area contributed by atoms with E-state index in [-0.39, 0.29) is 0 Å². The SMILES string of the molecule is COC(=O)NCCNc1nc(N(C)c2ccc(OC)c(OC)c2)c2ccccc2n1. The third kappa shape index (κ3) is 4.62. The molecule has 2 N–H and O–H groups in total. The highest BCUT2D eigenvalue weighted by molar-refractivity contribution is 5.92. The second-order valence-electron chi connectivity index (χ2n) is 6.33.